The molecule has 0 aliphatic carbocycles. The highest BCUT2D eigenvalue weighted by molar-refractivity contribution is 5.76. The van der Waals surface area contributed by atoms with E-state index in [1.54, 1.807) is 34.8 Å². The third-order valence-electron chi connectivity index (χ3n) is 2.51. The molecule has 0 aromatic heterocycles. The van der Waals surface area contributed by atoms with E-state index in [2.05, 4.69) is 5.32 Å². The molecule has 0 radical (unpaired) electrons. The number of carbonyl (C=O) groups excluding carboxylic acids is 1. The molecular formula is C10H21NO3. The van der Waals surface area contributed by atoms with E-state index in [0.717, 1.165) is 0 Å². The van der Waals surface area contributed by atoms with Crippen LogP contribution in [0.5, 0.6) is 0 Å². The Morgan fingerprint density at radius 2 is 1.86 bits per heavy atom. The lowest BCUT2D eigenvalue weighted by atomic mass is 9.86. The summed E-state index contributed by atoms with van der Waals surface area (Å²) in [5.41, 5.74) is -1.59. The topological polar surface area (TPSA) is 58.6 Å². The van der Waals surface area contributed by atoms with Crippen LogP contribution in [-0.2, 0) is 9.53 Å². The molecule has 0 aromatic rings. The molecule has 0 fully saturated rings. The fourth-order valence-corrected chi connectivity index (χ4v) is 0.759. The Balaban J connectivity index is 4.16. The molecule has 2 N–H and O–H groups in total. The summed E-state index contributed by atoms with van der Waals surface area (Å²) in [5.74, 6) is -0.112. The maximum atomic E-state index is 11.4. The highest BCUT2D eigenvalue weighted by Gasteiger charge is 2.35. The van der Waals surface area contributed by atoms with E-state index in [9.17, 15) is 9.90 Å². The van der Waals surface area contributed by atoms with Gasteiger partial charge < -0.3 is 15.2 Å². The molecule has 84 valence electrons. The second-order valence-corrected chi connectivity index (χ2v) is 4.47. The van der Waals surface area contributed by atoms with Crippen molar-refractivity contribution in [2.45, 2.75) is 45.3 Å². The summed E-state index contributed by atoms with van der Waals surface area (Å²) in [6.07, 6.45) is 0.315. The van der Waals surface area contributed by atoms with Gasteiger partial charge in [0.25, 0.3) is 0 Å². The standard InChI is InChI=1S/C10H21NO3/c1-9(2,10(3,4)13)11-8(12)6-7-14-5/h13H,6-7H2,1-5H3,(H,11,12). The van der Waals surface area contributed by atoms with Gasteiger partial charge in [-0.15, -0.1) is 0 Å². The Morgan fingerprint density at radius 1 is 1.36 bits per heavy atom. The van der Waals surface area contributed by atoms with Gasteiger partial charge in [-0.1, -0.05) is 0 Å². The van der Waals surface area contributed by atoms with Crippen molar-refractivity contribution in [1.29, 1.82) is 0 Å². The van der Waals surface area contributed by atoms with Crippen molar-refractivity contribution in [3.8, 4) is 0 Å². The summed E-state index contributed by atoms with van der Waals surface area (Å²) in [7, 11) is 1.55. The number of nitrogens with one attached hydrogen (secondary N) is 1. The van der Waals surface area contributed by atoms with Gasteiger partial charge in [-0.05, 0) is 27.7 Å². The van der Waals surface area contributed by atoms with E-state index in [-0.39, 0.29) is 5.91 Å². The third kappa shape index (κ3) is 4.07. The third-order valence-corrected chi connectivity index (χ3v) is 2.51. The smallest absolute Gasteiger partial charge is 0.222 e. The van der Waals surface area contributed by atoms with Crippen molar-refractivity contribution in [1.82, 2.24) is 5.32 Å². The molecule has 0 rings (SSSR count). The summed E-state index contributed by atoms with van der Waals surface area (Å²) < 4.78 is 4.79. The molecule has 0 atom stereocenters. The van der Waals surface area contributed by atoms with Crippen molar-refractivity contribution < 1.29 is 14.6 Å². The van der Waals surface area contributed by atoms with Gasteiger partial charge in [-0.3, -0.25) is 4.79 Å². The van der Waals surface area contributed by atoms with E-state index in [0.29, 0.717) is 13.0 Å². The average molecular weight is 203 g/mol. The monoisotopic (exact) mass is 203 g/mol. The Hall–Kier alpha value is -0.610. The summed E-state index contributed by atoms with van der Waals surface area (Å²) in [6, 6.07) is 0. The first kappa shape index (κ1) is 13.4. The number of methoxy groups -OCH3 is 1. The first-order valence-corrected chi connectivity index (χ1v) is 4.73. The average Bonchev–Trinajstić information content (AvgIpc) is 1.97. The molecule has 0 aromatic carbocycles. The van der Waals surface area contributed by atoms with E-state index in [1.807, 2.05) is 0 Å². The first-order chi connectivity index (χ1) is 6.20. The largest absolute Gasteiger partial charge is 0.388 e. The van der Waals surface area contributed by atoms with Crippen LogP contribution in [0.3, 0.4) is 0 Å². The predicted molar refractivity (Wildman–Crippen MR) is 55.0 cm³/mol. The van der Waals surface area contributed by atoms with E-state index in [1.165, 1.54) is 0 Å². The molecular weight excluding hydrogens is 182 g/mol. The molecule has 0 saturated heterocycles. The van der Waals surface area contributed by atoms with E-state index < -0.39 is 11.1 Å². The van der Waals surface area contributed by atoms with Crippen LogP contribution in [-0.4, -0.2) is 35.9 Å². The van der Waals surface area contributed by atoms with Gasteiger partial charge in [-0.25, -0.2) is 0 Å². The second-order valence-electron chi connectivity index (χ2n) is 4.47. The van der Waals surface area contributed by atoms with Gasteiger partial charge in [0.2, 0.25) is 5.91 Å². The van der Waals surface area contributed by atoms with E-state index in [4.69, 9.17) is 4.74 Å². The van der Waals surface area contributed by atoms with Gasteiger partial charge in [0.05, 0.1) is 17.7 Å². The minimum absolute atomic E-state index is 0.112. The highest BCUT2D eigenvalue weighted by atomic mass is 16.5. The minimum Gasteiger partial charge on any atom is -0.388 e. The molecule has 0 unspecified atom stereocenters. The van der Waals surface area contributed by atoms with Crippen LogP contribution in [0.4, 0.5) is 0 Å². The highest BCUT2D eigenvalue weighted by Crippen LogP contribution is 2.20. The van der Waals surface area contributed by atoms with Crippen molar-refractivity contribution in [3.05, 3.63) is 0 Å². The lowest BCUT2D eigenvalue weighted by Crippen LogP contribution is -2.57. The Labute approximate surface area is 85.6 Å². The fraction of sp³-hybridized carbons (Fsp3) is 0.900. The fourth-order valence-electron chi connectivity index (χ4n) is 0.759. The van der Waals surface area contributed by atoms with Crippen LogP contribution >= 0.6 is 0 Å². The molecule has 0 spiro atoms. The van der Waals surface area contributed by atoms with Crippen molar-refractivity contribution in [3.63, 3.8) is 0 Å². The van der Waals surface area contributed by atoms with Crippen molar-refractivity contribution >= 4 is 5.91 Å². The quantitative estimate of drug-likeness (QED) is 0.691. The Kier molecular flexibility index (Phi) is 4.55. The molecule has 0 saturated carbocycles. The maximum Gasteiger partial charge on any atom is 0.222 e. The zero-order valence-corrected chi connectivity index (χ0v) is 9.68. The van der Waals surface area contributed by atoms with Crippen LogP contribution in [0.2, 0.25) is 0 Å². The van der Waals surface area contributed by atoms with Crippen LogP contribution in [0.15, 0.2) is 0 Å². The van der Waals surface area contributed by atoms with E-state index >= 15 is 0 Å². The van der Waals surface area contributed by atoms with Crippen LogP contribution in [0, 0.1) is 0 Å². The van der Waals surface area contributed by atoms with Gasteiger partial charge in [0.1, 0.15) is 0 Å². The van der Waals surface area contributed by atoms with Gasteiger partial charge in [0, 0.05) is 13.5 Å². The number of hydrogen-bond acceptors (Lipinski definition) is 3. The SMILES string of the molecule is COCCC(=O)NC(C)(C)C(C)(C)O. The molecule has 0 heterocycles. The lowest BCUT2D eigenvalue weighted by Gasteiger charge is -2.38. The van der Waals surface area contributed by atoms with Gasteiger partial charge >= 0.3 is 0 Å². The number of ether oxygens (including phenoxy) is 1. The number of carbonyl (C=O) groups is 1. The first-order valence-electron chi connectivity index (χ1n) is 4.73. The Morgan fingerprint density at radius 3 is 2.21 bits per heavy atom. The number of hydrogen-bond donors (Lipinski definition) is 2. The normalized spacial score (nSPS) is 12.7. The number of aliphatic hydroxyl groups is 1. The summed E-state index contributed by atoms with van der Waals surface area (Å²) in [4.78, 5) is 11.4. The van der Waals surface area contributed by atoms with Crippen LogP contribution in [0.1, 0.15) is 34.1 Å². The summed E-state index contributed by atoms with van der Waals surface area (Å²) >= 11 is 0. The zero-order chi connectivity index (χ0) is 11.4. The Bertz CT molecular complexity index is 194. The molecule has 4 heteroatoms. The maximum absolute atomic E-state index is 11.4. The number of rotatable bonds is 5. The molecule has 0 aliphatic rings. The lowest BCUT2D eigenvalue weighted by molar-refractivity contribution is -0.127. The molecule has 0 bridgehead atoms. The second kappa shape index (κ2) is 4.75. The summed E-state index contributed by atoms with van der Waals surface area (Å²) in [6.45, 7) is 7.32. The zero-order valence-electron chi connectivity index (χ0n) is 9.68. The summed E-state index contributed by atoms with van der Waals surface area (Å²) in [5, 5.41) is 12.5. The van der Waals surface area contributed by atoms with Gasteiger partial charge in [0.15, 0.2) is 0 Å². The van der Waals surface area contributed by atoms with Crippen LogP contribution in [0.25, 0.3) is 0 Å². The minimum atomic E-state index is -0.949. The molecule has 4 nitrogen and oxygen atoms in total. The van der Waals surface area contributed by atoms with Gasteiger partial charge in [-0.2, -0.15) is 0 Å². The predicted octanol–water partition coefficient (Wildman–Crippen LogP) is 0.689. The molecule has 0 aliphatic heterocycles. The van der Waals surface area contributed by atoms with Crippen molar-refractivity contribution in [2.75, 3.05) is 13.7 Å². The molecule has 14 heavy (non-hydrogen) atoms. The van der Waals surface area contributed by atoms with Crippen LogP contribution < -0.4 is 5.32 Å². The molecule has 1 amide bonds. The number of amides is 1. The van der Waals surface area contributed by atoms with Crippen molar-refractivity contribution in [2.24, 2.45) is 0 Å².